The Labute approximate surface area is 152 Å². The Balaban J connectivity index is 1.28. The van der Waals surface area contributed by atoms with Crippen LogP contribution in [-0.2, 0) is 16.0 Å². The molecule has 0 aromatic heterocycles. The van der Waals surface area contributed by atoms with Crippen LogP contribution in [0.4, 0.5) is 0 Å². The van der Waals surface area contributed by atoms with E-state index in [1.54, 1.807) is 0 Å². The highest BCUT2D eigenvalue weighted by Gasteiger charge is 2.24. The van der Waals surface area contributed by atoms with Gasteiger partial charge in [-0.25, -0.2) is 0 Å². The summed E-state index contributed by atoms with van der Waals surface area (Å²) in [5, 5.41) is 0. The van der Waals surface area contributed by atoms with E-state index in [0.29, 0.717) is 12.3 Å². The predicted molar refractivity (Wildman–Crippen MR) is 101 cm³/mol. The van der Waals surface area contributed by atoms with E-state index in [0.717, 1.165) is 77.4 Å². The first-order chi connectivity index (χ1) is 12.3. The quantitative estimate of drug-likeness (QED) is 0.713. The first-order valence-corrected chi connectivity index (χ1v) is 9.93. The van der Waals surface area contributed by atoms with Gasteiger partial charge in [-0.3, -0.25) is 9.69 Å². The summed E-state index contributed by atoms with van der Waals surface area (Å²) < 4.78 is 5.42. The fraction of sp³-hybridized carbons (Fsp3) is 0.667. The number of hydrogen-bond donors (Lipinski definition) is 0. The van der Waals surface area contributed by atoms with Gasteiger partial charge in [-0.1, -0.05) is 30.3 Å². The van der Waals surface area contributed by atoms with Gasteiger partial charge in [0.2, 0.25) is 5.91 Å². The minimum Gasteiger partial charge on any atom is -0.379 e. The maximum absolute atomic E-state index is 12.4. The summed E-state index contributed by atoms with van der Waals surface area (Å²) in [6.07, 6.45) is 6.21. The number of piperidine rings is 1. The van der Waals surface area contributed by atoms with E-state index in [9.17, 15) is 4.79 Å². The van der Waals surface area contributed by atoms with Crippen LogP contribution in [0.2, 0.25) is 0 Å². The van der Waals surface area contributed by atoms with Crippen molar-refractivity contribution in [2.24, 2.45) is 5.92 Å². The summed E-state index contributed by atoms with van der Waals surface area (Å²) in [5.74, 6) is 1.11. The summed E-state index contributed by atoms with van der Waals surface area (Å²) >= 11 is 0. The van der Waals surface area contributed by atoms with Gasteiger partial charge in [-0.2, -0.15) is 0 Å². The zero-order valence-corrected chi connectivity index (χ0v) is 15.4. The number of benzene rings is 1. The number of likely N-dealkylation sites (tertiary alicyclic amines) is 1. The molecule has 0 unspecified atom stereocenters. The number of carbonyl (C=O) groups is 1. The Hall–Kier alpha value is -1.39. The van der Waals surface area contributed by atoms with E-state index in [1.807, 2.05) is 0 Å². The van der Waals surface area contributed by atoms with E-state index in [4.69, 9.17) is 4.74 Å². The van der Waals surface area contributed by atoms with Crippen LogP contribution in [0.25, 0.3) is 0 Å². The van der Waals surface area contributed by atoms with Crippen molar-refractivity contribution in [2.75, 3.05) is 45.9 Å². The molecule has 2 saturated heterocycles. The van der Waals surface area contributed by atoms with Gasteiger partial charge in [0.25, 0.3) is 0 Å². The van der Waals surface area contributed by atoms with Crippen LogP contribution in [0.5, 0.6) is 0 Å². The average Bonchev–Trinajstić information content (AvgIpc) is 2.67. The van der Waals surface area contributed by atoms with Crippen molar-refractivity contribution in [1.82, 2.24) is 9.80 Å². The SMILES string of the molecule is O=C(CCCCc1ccccc1)N1CCC(CN2CCOCC2)CC1. The fourth-order valence-electron chi connectivity index (χ4n) is 3.92. The van der Waals surface area contributed by atoms with Crippen molar-refractivity contribution in [1.29, 1.82) is 0 Å². The lowest BCUT2D eigenvalue weighted by atomic mass is 9.95. The normalized spacial score (nSPS) is 19.9. The van der Waals surface area contributed by atoms with Crippen molar-refractivity contribution in [3.8, 4) is 0 Å². The second kappa shape index (κ2) is 9.93. The third-order valence-corrected chi connectivity index (χ3v) is 5.54. The number of hydrogen-bond acceptors (Lipinski definition) is 3. The summed E-state index contributed by atoms with van der Waals surface area (Å²) in [4.78, 5) is 17.0. The number of unbranched alkanes of at least 4 members (excludes halogenated alkanes) is 1. The number of carbonyl (C=O) groups excluding carboxylic acids is 1. The molecule has 4 nitrogen and oxygen atoms in total. The van der Waals surface area contributed by atoms with E-state index >= 15 is 0 Å². The van der Waals surface area contributed by atoms with Gasteiger partial charge in [0.1, 0.15) is 0 Å². The standard InChI is InChI=1S/C21H32N2O2/c24-21(9-5-4-8-19-6-2-1-3-7-19)23-12-10-20(11-13-23)18-22-14-16-25-17-15-22/h1-3,6-7,20H,4-5,8-18H2. The molecule has 0 saturated carbocycles. The highest BCUT2D eigenvalue weighted by atomic mass is 16.5. The highest BCUT2D eigenvalue weighted by molar-refractivity contribution is 5.76. The second-order valence-corrected chi connectivity index (χ2v) is 7.43. The number of aryl methyl sites for hydroxylation is 1. The molecular weight excluding hydrogens is 312 g/mol. The van der Waals surface area contributed by atoms with Crippen LogP contribution in [-0.4, -0.2) is 61.6 Å². The van der Waals surface area contributed by atoms with Crippen molar-refractivity contribution in [2.45, 2.75) is 38.5 Å². The Morgan fingerprint density at radius 1 is 1.00 bits per heavy atom. The topological polar surface area (TPSA) is 32.8 Å². The van der Waals surface area contributed by atoms with E-state index in [2.05, 4.69) is 40.1 Å². The minimum atomic E-state index is 0.359. The summed E-state index contributed by atoms with van der Waals surface area (Å²) in [7, 11) is 0. The molecule has 1 amide bonds. The summed E-state index contributed by atoms with van der Waals surface area (Å²) in [6, 6.07) is 10.6. The molecule has 0 atom stereocenters. The largest absolute Gasteiger partial charge is 0.379 e. The Morgan fingerprint density at radius 2 is 1.72 bits per heavy atom. The van der Waals surface area contributed by atoms with E-state index in [-0.39, 0.29) is 0 Å². The van der Waals surface area contributed by atoms with Crippen LogP contribution < -0.4 is 0 Å². The lowest BCUT2D eigenvalue weighted by Crippen LogP contribution is -2.44. The van der Waals surface area contributed by atoms with Crippen LogP contribution >= 0.6 is 0 Å². The molecule has 2 heterocycles. The summed E-state index contributed by atoms with van der Waals surface area (Å²) in [5.41, 5.74) is 1.37. The lowest BCUT2D eigenvalue weighted by Gasteiger charge is -2.36. The van der Waals surface area contributed by atoms with E-state index < -0.39 is 0 Å². The number of ether oxygens (including phenoxy) is 1. The average molecular weight is 344 g/mol. The molecule has 1 aromatic rings. The Bertz CT molecular complexity index is 506. The zero-order chi connectivity index (χ0) is 17.3. The van der Waals surface area contributed by atoms with Crippen molar-refractivity contribution in [3.05, 3.63) is 35.9 Å². The van der Waals surface area contributed by atoms with Crippen molar-refractivity contribution in [3.63, 3.8) is 0 Å². The number of amides is 1. The Morgan fingerprint density at radius 3 is 2.44 bits per heavy atom. The second-order valence-electron chi connectivity index (χ2n) is 7.43. The molecule has 0 radical (unpaired) electrons. The first-order valence-electron chi connectivity index (χ1n) is 9.93. The third-order valence-electron chi connectivity index (χ3n) is 5.54. The van der Waals surface area contributed by atoms with Gasteiger partial charge in [-0.05, 0) is 43.6 Å². The molecular formula is C21H32N2O2. The van der Waals surface area contributed by atoms with Gasteiger partial charge in [0.05, 0.1) is 13.2 Å². The van der Waals surface area contributed by atoms with Crippen LogP contribution in [0, 0.1) is 5.92 Å². The predicted octanol–water partition coefficient (Wildman–Crippen LogP) is 2.97. The number of rotatable bonds is 7. The van der Waals surface area contributed by atoms with Crippen LogP contribution in [0.15, 0.2) is 30.3 Å². The number of nitrogens with zero attached hydrogens (tertiary/aromatic N) is 2. The van der Waals surface area contributed by atoms with Crippen molar-refractivity contribution < 1.29 is 9.53 Å². The molecule has 1 aromatic carbocycles. The number of morpholine rings is 1. The molecule has 0 spiro atoms. The molecule has 0 aliphatic carbocycles. The Kier molecular flexibility index (Phi) is 7.31. The molecule has 138 valence electrons. The molecule has 2 fully saturated rings. The molecule has 3 rings (SSSR count). The van der Waals surface area contributed by atoms with Crippen LogP contribution in [0.3, 0.4) is 0 Å². The van der Waals surface area contributed by atoms with Gasteiger partial charge in [-0.15, -0.1) is 0 Å². The van der Waals surface area contributed by atoms with Gasteiger partial charge < -0.3 is 9.64 Å². The molecule has 2 aliphatic rings. The minimum absolute atomic E-state index is 0.359. The summed E-state index contributed by atoms with van der Waals surface area (Å²) in [6.45, 7) is 6.98. The third kappa shape index (κ3) is 6.12. The zero-order valence-electron chi connectivity index (χ0n) is 15.4. The van der Waals surface area contributed by atoms with E-state index in [1.165, 1.54) is 12.1 Å². The smallest absolute Gasteiger partial charge is 0.222 e. The van der Waals surface area contributed by atoms with Gasteiger partial charge in [0.15, 0.2) is 0 Å². The van der Waals surface area contributed by atoms with Crippen molar-refractivity contribution >= 4 is 5.91 Å². The van der Waals surface area contributed by atoms with Crippen LogP contribution in [0.1, 0.15) is 37.7 Å². The maximum Gasteiger partial charge on any atom is 0.222 e. The lowest BCUT2D eigenvalue weighted by molar-refractivity contribution is -0.132. The fourth-order valence-corrected chi connectivity index (χ4v) is 3.92. The molecule has 0 bridgehead atoms. The monoisotopic (exact) mass is 344 g/mol. The van der Waals surface area contributed by atoms with Gasteiger partial charge in [0, 0.05) is 39.1 Å². The molecule has 0 N–H and O–H groups in total. The molecule has 2 aliphatic heterocycles. The highest BCUT2D eigenvalue weighted by Crippen LogP contribution is 2.20. The molecule has 25 heavy (non-hydrogen) atoms. The molecule has 4 heteroatoms. The first kappa shape index (κ1) is 18.4. The maximum atomic E-state index is 12.4. The van der Waals surface area contributed by atoms with Gasteiger partial charge >= 0.3 is 0 Å².